The van der Waals surface area contributed by atoms with Crippen LogP contribution >= 0.6 is 0 Å². The number of rotatable bonds is 17. The summed E-state index contributed by atoms with van der Waals surface area (Å²) in [5, 5.41) is 34.7. The van der Waals surface area contributed by atoms with Crippen molar-refractivity contribution < 1.29 is 34.2 Å². The Morgan fingerprint density at radius 2 is 1.46 bits per heavy atom. The highest BCUT2D eigenvalue weighted by Gasteiger charge is 2.38. The van der Waals surface area contributed by atoms with Gasteiger partial charge in [-0.2, -0.15) is 0 Å². The van der Waals surface area contributed by atoms with Crippen LogP contribution in [-0.2, 0) is 36.8 Å². The van der Waals surface area contributed by atoms with Crippen LogP contribution in [0.3, 0.4) is 0 Å². The van der Waals surface area contributed by atoms with E-state index in [2.05, 4.69) is 31.6 Å². The molecule has 1 saturated heterocycles. The maximum absolute atomic E-state index is 13.9. The molecule has 4 amide bonds. The molecule has 0 spiro atoms. The summed E-state index contributed by atoms with van der Waals surface area (Å²) < 4.78 is 0. The third-order valence-electron chi connectivity index (χ3n) is 8.83. The number of aliphatic imine (C=N–C) groups is 1. The highest BCUT2D eigenvalue weighted by Crippen LogP contribution is 2.18. The molecule has 16 heteroatoms. The summed E-state index contributed by atoms with van der Waals surface area (Å²) in [5.41, 5.74) is 17.4. The second-order valence-electron chi connectivity index (χ2n) is 12.9. The third-order valence-corrected chi connectivity index (χ3v) is 8.83. The van der Waals surface area contributed by atoms with E-state index in [9.17, 15) is 34.2 Å². The van der Waals surface area contributed by atoms with E-state index in [4.69, 9.17) is 17.2 Å². The van der Waals surface area contributed by atoms with Crippen LogP contribution in [-0.4, -0.2) is 95.6 Å². The molecule has 0 aliphatic carbocycles. The van der Waals surface area contributed by atoms with E-state index in [1.165, 1.54) is 24.3 Å². The average Bonchev–Trinajstić information content (AvgIpc) is 3.12. The molecule has 0 radical (unpaired) electrons. The van der Waals surface area contributed by atoms with Gasteiger partial charge in [-0.3, -0.25) is 24.2 Å². The maximum atomic E-state index is 13.9. The van der Waals surface area contributed by atoms with E-state index in [0.717, 1.165) is 10.8 Å². The largest absolute Gasteiger partial charge is 0.508 e. The molecule has 1 aliphatic heterocycles. The van der Waals surface area contributed by atoms with Crippen LogP contribution in [0.1, 0.15) is 36.8 Å². The van der Waals surface area contributed by atoms with E-state index in [-0.39, 0.29) is 37.5 Å². The number of nitrogens with one attached hydrogen (secondary N) is 5. The molecular formula is C36H47N9O7. The average molecular weight is 718 g/mol. The Morgan fingerprint density at radius 1 is 0.808 bits per heavy atom. The number of nitrogens with two attached hydrogens (primary N) is 3. The quantitative estimate of drug-likeness (QED) is 0.0465. The molecule has 0 saturated carbocycles. The summed E-state index contributed by atoms with van der Waals surface area (Å²) in [5.74, 6) is -4.02. The minimum Gasteiger partial charge on any atom is -0.508 e. The van der Waals surface area contributed by atoms with Crippen molar-refractivity contribution in [3.05, 3.63) is 77.9 Å². The number of phenolic OH excluding ortho intramolecular Hbond substituents is 1. The number of hydrogen-bond acceptors (Lipinski definition) is 9. The van der Waals surface area contributed by atoms with Gasteiger partial charge in [-0.15, -0.1) is 0 Å². The van der Waals surface area contributed by atoms with Gasteiger partial charge in [-0.25, -0.2) is 4.79 Å². The Hall–Kier alpha value is -5.74. The van der Waals surface area contributed by atoms with Crippen molar-refractivity contribution >= 4 is 46.3 Å². The summed E-state index contributed by atoms with van der Waals surface area (Å²) in [4.78, 5) is 69.6. The number of carbonyl (C=O) groups excluding carboxylic acids is 4. The molecule has 52 heavy (non-hydrogen) atoms. The molecule has 3 atom stereocenters. The summed E-state index contributed by atoms with van der Waals surface area (Å²) in [7, 11) is 0. The Bertz CT molecular complexity index is 1760. The molecule has 0 aromatic heterocycles. The van der Waals surface area contributed by atoms with Gasteiger partial charge >= 0.3 is 5.97 Å². The number of aliphatic carboxylic acids is 1. The lowest BCUT2D eigenvalue weighted by Crippen LogP contribution is -2.63. The number of nitrogens with zero attached hydrogens (tertiary/aromatic N) is 1. The van der Waals surface area contributed by atoms with Crippen LogP contribution in [0.25, 0.3) is 10.8 Å². The molecule has 0 bridgehead atoms. The van der Waals surface area contributed by atoms with Crippen molar-refractivity contribution in [2.45, 2.75) is 62.2 Å². The molecule has 3 aromatic carbocycles. The third kappa shape index (κ3) is 11.7. The Kier molecular flexibility index (Phi) is 13.9. The number of fused-ring (bicyclic) bond motifs is 1. The molecule has 4 rings (SSSR count). The SMILES string of the molecule is NC(N)=NCCC[C@H](NC(=O)C1(N)CCNCC1)C(=O)N[C@@H](Cc1ccc2ccccc2c1)C(=O)NCC(=O)N[C@H](Cc1ccc(O)cc1)C(=O)O. The summed E-state index contributed by atoms with van der Waals surface area (Å²) in [6, 6.07) is 15.5. The van der Waals surface area contributed by atoms with Crippen molar-refractivity contribution in [1.82, 2.24) is 26.6 Å². The van der Waals surface area contributed by atoms with Crippen LogP contribution in [0.4, 0.5) is 0 Å². The molecule has 13 N–H and O–H groups in total. The number of guanidine groups is 1. The summed E-state index contributed by atoms with van der Waals surface area (Å²) in [6.07, 6.45) is 1.16. The van der Waals surface area contributed by atoms with Gasteiger partial charge in [-0.1, -0.05) is 54.6 Å². The monoisotopic (exact) mass is 717 g/mol. The van der Waals surface area contributed by atoms with E-state index in [0.29, 0.717) is 43.5 Å². The smallest absolute Gasteiger partial charge is 0.326 e. The van der Waals surface area contributed by atoms with Gasteiger partial charge in [0.2, 0.25) is 23.6 Å². The lowest BCUT2D eigenvalue weighted by Gasteiger charge is -2.34. The number of carbonyl (C=O) groups is 5. The van der Waals surface area contributed by atoms with Gasteiger partial charge < -0.3 is 54.0 Å². The van der Waals surface area contributed by atoms with Gasteiger partial charge in [0.25, 0.3) is 0 Å². The Balaban J connectivity index is 1.50. The molecule has 16 nitrogen and oxygen atoms in total. The van der Waals surface area contributed by atoms with E-state index >= 15 is 0 Å². The lowest BCUT2D eigenvalue weighted by molar-refractivity contribution is -0.141. The summed E-state index contributed by atoms with van der Waals surface area (Å²) >= 11 is 0. The van der Waals surface area contributed by atoms with Gasteiger partial charge in [0.15, 0.2) is 5.96 Å². The first-order valence-corrected chi connectivity index (χ1v) is 17.0. The van der Waals surface area contributed by atoms with Gasteiger partial charge in [0.05, 0.1) is 12.1 Å². The topological polar surface area (TPSA) is 276 Å². The van der Waals surface area contributed by atoms with E-state index in [1.54, 1.807) is 0 Å². The predicted octanol–water partition coefficient (Wildman–Crippen LogP) is -0.880. The first kappa shape index (κ1) is 39.1. The second kappa shape index (κ2) is 18.5. The van der Waals surface area contributed by atoms with Crippen molar-refractivity contribution in [3.63, 3.8) is 0 Å². The van der Waals surface area contributed by atoms with Crippen molar-refractivity contribution in [2.24, 2.45) is 22.2 Å². The minimum atomic E-state index is -1.31. The van der Waals surface area contributed by atoms with Gasteiger partial charge in [0, 0.05) is 19.4 Å². The predicted molar refractivity (Wildman–Crippen MR) is 195 cm³/mol. The van der Waals surface area contributed by atoms with Crippen molar-refractivity contribution in [2.75, 3.05) is 26.2 Å². The number of piperidine rings is 1. The highest BCUT2D eigenvalue weighted by molar-refractivity contribution is 5.95. The molecule has 1 heterocycles. The molecule has 278 valence electrons. The number of aromatic hydroxyl groups is 1. The van der Waals surface area contributed by atoms with Crippen molar-refractivity contribution in [3.8, 4) is 5.75 Å². The van der Waals surface area contributed by atoms with Crippen LogP contribution < -0.4 is 43.8 Å². The van der Waals surface area contributed by atoms with E-state index in [1.807, 2.05) is 42.5 Å². The maximum Gasteiger partial charge on any atom is 0.326 e. The molecule has 3 aromatic rings. The standard InChI is InChI=1S/C36H47N9O7/c37-35(38)41-15-3-6-27(45-34(52)36(39)13-16-40-17-14-36)32(49)44-28(20-23-7-10-24-4-1-2-5-25(24)18-23)31(48)42-21-30(47)43-29(33(50)51)19-22-8-11-26(46)12-9-22/h1-2,4-5,7-12,18,27-29,40,46H,3,6,13-17,19-21,39H2,(H,42,48)(H,43,47)(H,44,49)(H,45,52)(H,50,51)(H4,37,38,41)/t27-,28-,29+/m0/s1. The number of benzene rings is 3. The second-order valence-corrected chi connectivity index (χ2v) is 12.9. The zero-order chi connectivity index (χ0) is 37.7. The first-order valence-electron chi connectivity index (χ1n) is 17.0. The molecular weight excluding hydrogens is 670 g/mol. The fraction of sp³-hybridized carbons (Fsp3) is 0.389. The zero-order valence-corrected chi connectivity index (χ0v) is 28.8. The Morgan fingerprint density at radius 3 is 2.13 bits per heavy atom. The highest BCUT2D eigenvalue weighted by atomic mass is 16.4. The number of carboxylic acid groups (broad SMARTS) is 1. The molecule has 0 unspecified atom stereocenters. The zero-order valence-electron chi connectivity index (χ0n) is 28.8. The normalized spacial score (nSPS) is 15.3. The van der Waals surface area contributed by atoms with Gasteiger partial charge in [-0.05, 0) is 72.8 Å². The van der Waals surface area contributed by atoms with Crippen LogP contribution in [0.2, 0.25) is 0 Å². The fourth-order valence-corrected chi connectivity index (χ4v) is 5.86. The number of hydrogen-bond donors (Lipinski definition) is 10. The minimum absolute atomic E-state index is 0.0115. The number of carboxylic acids is 1. The molecule has 1 fully saturated rings. The Labute approximate surface area is 301 Å². The number of amides is 4. The van der Waals surface area contributed by atoms with Crippen LogP contribution in [0.5, 0.6) is 5.75 Å². The van der Waals surface area contributed by atoms with Gasteiger partial charge in [0.1, 0.15) is 23.9 Å². The number of phenols is 1. The summed E-state index contributed by atoms with van der Waals surface area (Å²) in [6.45, 7) is 0.693. The van der Waals surface area contributed by atoms with E-state index < -0.39 is 59.8 Å². The molecule has 1 aliphatic rings. The van der Waals surface area contributed by atoms with Crippen LogP contribution in [0.15, 0.2) is 71.7 Å². The van der Waals surface area contributed by atoms with Crippen LogP contribution in [0, 0.1) is 0 Å². The first-order chi connectivity index (χ1) is 24.8. The van der Waals surface area contributed by atoms with Crippen molar-refractivity contribution in [1.29, 1.82) is 0 Å². The fourth-order valence-electron chi connectivity index (χ4n) is 5.86. The lowest BCUT2D eigenvalue weighted by atomic mass is 9.88.